The van der Waals surface area contributed by atoms with Crippen molar-refractivity contribution in [2.75, 3.05) is 14.2 Å². The maximum absolute atomic E-state index is 11.7. The van der Waals surface area contributed by atoms with Gasteiger partial charge in [-0.1, -0.05) is 0 Å². The number of carbonyl (C=O) groups is 1. The Bertz CT molecular complexity index is 682. The minimum Gasteiger partial charge on any atom is -0.480 e. The van der Waals surface area contributed by atoms with Crippen LogP contribution in [0.2, 0.25) is 0 Å². The third-order valence-electron chi connectivity index (χ3n) is 2.86. The molecule has 0 aliphatic heterocycles. The average molecular weight is 288 g/mol. The lowest BCUT2D eigenvalue weighted by Gasteiger charge is -2.08. The van der Waals surface area contributed by atoms with Gasteiger partial charge in [0.2, 0.25) is 5.88 Å². The summed E-state index contributed by atoms with van der Waals surface area (Å²) in [5.74, 6) is -0.407. The van der Waals surface area contributed by atoms with Gasteiger partial charge >= 0.3 is 5.97 Å². The Kier molecular flexibility index (Phi) is 4.13. The summed E-state index contributed by atoms with van der Waals surface area (Å²) in [4.78, 5) is 25.9. The fraction of sp³-hybridized carbons (Fsp3) is 0.143. The molecule has 1 aromatic heterocycles. The molecule has 0 N–H and O–H groups in total. The Morgan fingerprint density at radius 2 is 1.86 bits per heavy atom. The molecule has 1 heterocycles. The number of hydrogen-bond acceptors (Lipinski definition) is 6. The number of nitro benzene ring substituents is 1. The van der Waals surface area contributed by atoms with E-state index in [1.165, 1.54) is 32.5 Å². The van der Waals surface area contributed by atoms with E-state index in [0.29, 0.717) is 11.1 Å². The van der Waals surface area contributed by atoms with Crippen LogP contribution >= 0.6 is 0 Å². The van der Waals surface area contributed by atoms with Crippen LogP contribution in [0.3, 0.4) is 0 Å². The number of benzene rings is 1. The molecule has 0 fully saturated rings. The Morgan fingerprint density at radius 1 is 1.19 bits per heavy atom. The average Bonchev–Trinajstić information content (AvgIpc) is 2.53. The van der Waals surface area contributed by atoms with Crippen LogP contribution in [-0.2, 0) is 4.74 Å². The van der Waals surface area contributed by atoms with Crippen LogP contribution in [0.4, 0.5) is 5.69 Å². The highest BCUT2D eigenvalue weighted by Gasteiger charge is 2.16. The predicted molar refractivity (Wildman–Crippen MR) is 74.2 cm³/mol. The number of pyridine rings is 1. The lowest BCUT2D eigenvalue weighted by molar-refractivity contribution is -0.384. The zero-order valence-corrected chi connectivity index (χ0v) is 11.4. The fourth-order valence-electron chi connectivity index (χ4n) is 1.80. The summed E-state index contributed by atoms with van der Waals surface area (Å²) in [6.45, 7) is 0. The van der Waals surface area contributed by atoms with Crippen LogP contribution in [-0.4, -0.2) is 30.1 Å². The Labute approximate surface area is 120 Å². The van der Waals surface area contributed by atoms with Crippen LogP contribution in [0, 0.1) is 10.1 Å². The highest BCUT2D eigenvalue weighted by atomic mass is 16.6. The van der Waals surface area contributed by atoms with Crippen molar-refractivity contribution in [2.24, 2.45) is 0 Å². The van der Waals surface area contributed by atoms with E-state index < -0.39 is 10.9 Å². The summed E-state index contributed by atoms with van der Waals surface area (Å²) in [5, 5.41) is 10.6. The normalized spacial score (nSPS) is 10.0. The van der Waals surface area contributed by atoms with Crippen LogP contribution < -0.4 is 4.74 Å². The van der Waals surface area contributed by atoms with Gasteiger partial charge in [0, 0.05) is 23.9 Å². The zero-order valence-electron chi connectivity index (χ0n) is 11.4. The molecule has 7 heteroatoms. The molecule has 1 aromatic carbocycles. The smallest absolute Gasteiger partial charge is 0.343 e. The van der Waals surface area contributed by atoms with E-state index in [1.807, 2.05) is 0 Å². The fourth-order valence-corrected chi connectivity index (χ4v) is 1.80. The van der Waals surface area contributed by atoms with Gasteiger partial charge in [0.05, 0.1) is 19.1 Å². The monoisotopic (exact) mass is 288 g/mol. The Hall–Kier alpha value is -2.96. The number of ether oxygens (including phenoxy) is 2. The Morgan fingerprint density at radius 3 is 2.38 bits per heavy atom. The van der Waals surface area contributed by atoms with Gasteiger partial charge in [-0.05, 0) is 23.8 Å². The third-order valence-corrected chi connectivity index (χ3v) is 2.86. The molecule has 0 unspecified atom stereocenters. The van der Waals surface area contributed by atoms with E-state index in [2.05, 4.69) is 9.72 Å². The number of nitro groups is 1. The summed E-state index contributed by atoms with van der Waals surface area (Å²) in [6, 6.07) is 7.51. The van der Waals surface area contributed by atoms with Crippen LogP contribution in [0.25, 0.3) is 11.1 Å². The van der Waals surface area contributed by atoms with E-state index in [4.69, 9.17) is 4.74 Å². The molecule has 0 atom stereocenters. The van der Waals surface area contributed by atoms with Gasteiger partial charge in [0.1, 0.15) is 5.56 Å². The quantitative estimate of drug-likeness (QED) is 0.487. The molecule has 0 radical (unpaired) electrons. The van der Waals surface area contributed by atoms with E-state index in [-0.39, 0.29) is 17.1 Å². The molecular weight excluding hydrogens is 276 g/mol. The van der Waals surface area contributed by atoms with E-state index in [0.717, 1.165) is 0 Å². The molecular formula is C14H12N2O5. The topological polar surface area (TPSA) is 91.6 Å². The molecule has 0 amide bonds. The molecule has 0 aliphatic carbocycles. The van der Waals surface area contributed by atoms with Gasteiger partial charge in [-0.25, -0.2) is 9.78 Å². The molecule has 0 aliphatic rings. The summed E-state index contributed by atoms with van der Waals surface area (Å²) in [7, 11) is 2.67. The van der Waals surface area contributed by atoms with Gasteiger partial charge in [-0.15, -0.1) is 0 Å². The van der Waals surface area contributed by atoms with Crippen molar-refractivity contribution < 1.29 is 19.2 Å². The minimum absolute atomic E-state index is 0.00610. The second-order valence-electron chi connectivity index (χ2n) is 4.08. The lowest BCUT2D eigenvalue weighted by Crippen LogP contribution is -2.05. The molecule has 0 bridgehead atoms. The maximum Gasteiger partial charge on any atom is 0.343 e. The van der Waals surface area contributed by atoms with Gasteiger partial charge in [0.15, 0.2) is 0 Å². The Balaban J connectivity index is 2.44. The number of hydrogen-bond donors (Lipinski definition) is 0. The molecule has 0 saturated heterocycles. The van der Waals surface area contributed by atoms with Crippen LogP contribution in [0.5, 0.6) is 5.88 Å². The second-order valence-corrected chi connectivity index (χ2v) is 4.08. The SMILES string of the molecule is COC(=O)c1cc(-c2ccc([N+](=O)[O-])cc2)cnc1OC. The molecule has 0 spiro atoms. The van der Waals surface area contributed by atoms with E-state index >= 15 is 0 Å². The number of methoxy groups -OCH3 is 2. The molecule has 2 aromatic rings. The van der Waals surface area contributed by atoms with Crippen molar-refractivity contribution in [3.8, 4) is 17.0 Å². The highest BCUT2D eigenvalue weighted by Crippen LogP contribution is 2.26. The number of carbonyl (C=O) groups excluding carboxylic acids is 1. The number of nitrogens with zero attached hydrogens (tertiary/aromatic N) is 2. The summed E-state index contributed by atoms with van der Waals surface area (Å²) in [5.41, 5.74) is 1.51. The standard InChI is InChI=1S/C14H12N2O5/c1-20-13-12(14(17)21-2)7-10(8-15-13)9-3-5-11(6-4-9)16(18)19/h3-8H,1-2H3. The van der Waals surface area contributed by atoms with Gasteiger partial charge in [-0.3, -0.25) is 10.1 Å². The summed E-state index contributed by atoms with van der Waals surface area (Å²) >= 11 is 0. The number of aromatic nitrogens is 1. The van der Waals surface area contributed by atoms with Crippen molar-refractivity contribution in [3.05, 3.63) is 52.2 Å². The van der Waals surface area contributed by atoms with Gasteiger partial charge < -0.3 is 9.47 Å². The molecule has 108 valence electrons. The second kappa shape index (κ2) is 6.00. The zero-order chi connectivity index (χ0) is 15.4. The molecule has 2 rings (SSSR count). The number of rotatable bonds is 4. The van der Waals surface area contributed by atoms with Crippen molar-refractivity contribution in [2.45, 2.75) is 0 Å². The van der Waals surface area contributed by atoms with Crippen LogP contribution in [0.1, 0.15) is 10.4 Å². The first-order valence-corrected chi connectivity index (χ1v) is 5.94. The minimum atomic E-state index is -0.567. The predicted octanol–water partition coefficient (Wildman–Crippen LogP) is 2.45. The number of esters is 1. The van der Waals surface area contributed by atoms with Crippen molar-refractivity contribution in [1.29, 1.82) is 0 Å². The summed E-state index contributed by atoms with van der Waals surface area (Å²) in [6.07, 6.45) is 1.52. The van der Waals surface area contributed by atoms with E-state index in [9.17, 15) is 14.9 Å². The molecule has 0 saturated carbocycles. The number of non-ortho nitro benzene ring substituents is 1. The molecule has 7 nitrogen and oxygen atoms in total. The van der Waals surface area contributed by atoms with Gasteiger partial charge in [-0.2, -0.15) is 0 Å². The first-order chi connectivity index (χ1) is 10.1. The van der Waals surface area contributed by atoms with Crippen molar-refractivity contribution >= 4 is 11.7 Å². The lowest BCUT2D eigenvalue weighted by atomic mass is 10.1. The first-order valence-electron chi connectivity index (χ1n) is 5.94. The van der Waals surface area contributed by atoms with E-state index in [1.54, 1.807) is 18.2 Å². The van der Waals surface area contributed by atoms with Gasteiger partial charge in [0.25, 0.3) is 5.69 Å². The van der Waals surface area contributed by atoms with Crippen molar-refractivity contribution in [1.82, 2.24) is 4.98 Å². The summed E-state index contributed by atoms with van der Waals surface area (Å²) < 4.78 is 9.68. The highest BCUT2D eigenvalue weighted by molar-refractivity contribution is 5.93. The largest absolute Gasteiger partial charge is 0.480 e. The van der Waals surface area contributed by atoms with Crippen LogP contribution in [0.15, 0.2) is 36.5 Å². The first kappa shape index (κ1) is 14.4. The van der Waals surface area contributed by atoms with Crippen molar-refractivity contribution in [3.63, 3.8) is 0 Å². The maximum atomic E-state index is 11.7. The molecule has 21 heavy (non-hydrogen) atoms. The third kappa shape index (κ3) is 2.97.